The van der Waals surface area contributed by atoms with E-state index in [4.69, 9.17) is 44.1 Å². The standard InChI is InChI=1S/C19H16Cl2N8O4.ClH/c1-32-15-8-14(27-28-18-10(20)5-9(29(30)31)6-11(18)21)16(33-2)7-13(15)26-25-12-3-4-17(22)24-19(12)23;/h3-8H,1-2H3,(H4,22,23,24);1H. The lowest BCUT2D eigenvalue weighted by molar-refractivity contribution is -0.384. The fourth-order valence-corrected chi connectivity index (χ4v) is 3.11. The summed E-state index contributed by atoms with van der Waals surface area (Å²) in [6.07, 6.45) is 0. The molecule has 0 atom stereocenters. The first kappa shape index (κ1) is 26.5. The summed E-state index contributed by atoms with van der Waals surface area (Å²) >= 11 is 12.2. The first-order chi connectivity index (χ1) is 15.7. The van der Waals surface area contributed by atoms with Crippen LogP contribution in [0.5, 0.6) is 11.5 Å². The number of aromatic nitrogens is 1. The minimum Gasteiger partial charge on any atom is -0.494 e. The van der Waals surface area contributed by atoms with Crippen LogP contribution < -0.4 is 20.9 Å². The minimum absolute atomic E-state index is 0. The topological polar surface area (TPSA) is 176 Å². The molecular weight excluding hydrogens is 511 g/mol. The number of halogens is 3. The maximum atomic E-state index is 10.9. The average Bonchev–Trinajstić information content (AvgIpc) is 2.77. The Morgan fingerprint density at radius 1 is 0.882 bits per heavy atom. The maximum Gasteiger partial charge on any atom is 0.272 e. The molecule has 3 rings (SSSR count). The van der Waals surface area contributed by atoms with Crippen LogP contribution in [0.3, 0.4) is 0 Å². The molecule has 0 unspecified atom stereocenters. The van der Waals surface area contributed by atoms with Gasteiger partial charge in [-0.3, -0.25) is 10.1 Å². The van der Waals surface area contributed by atoms with Crippen molar-refractivity contribution in [1.29, 1.82) is 0 Å². The van der Waals surface area contributed by atoms with E-state index >= 15 is 0 Å². The molecule has 178 valence electrons. The van der Waals surface area contributed by atoms with Gasteiger partial charge in [-0.2, -0.15) is 0 Å². The average molecular weight is 528 g/mol. The second kappa shape index (κ2) is 11.4. The van der Waals surface area contributed by atoms with Crippen LogP contribution in [0.25, 0.3) is 0 Å². The van der Waals surface area contributed by atoms with Crippen LogP contribution in [0.4, 0.5) is 40.1 Å². The second-order valence-corrected chi connectivity index (χ2v) is 7.07. The van der Waals surface area contributed by atoms with E-state index in [9.17, 15) is 10.1 Å². The first-order valence-corrected chi connectivity index (χ1v) is 9.74. The van der Waals surface area contributed by atoms with E-state index in [0.717, 1.165) is 12.1 Å². The Hall–Kier alpha value is -3.74. The van der Waals surface area contributed by atoms with Crippen LogP contribution in [-0.2, 0) is 0 Å². The molecule has 1 aromatic heterocycles. The summed E-state index contributed by atoms with van der Waals surface area (Å²) in [6.45, 7) is 0. The largest absolute Gasteiger partial charge is 0.494 e. The van der Waals surface area contributed by atoms with Crippen LogP contribution in [-0.4, -0.2) is 24.1 Å². The fourth-order valence-electron chi connectivity index (χ4n) is 2.55. The van der Waals surface area contributed by atoms with E-state index in [0.29, 0.717) is 17.1 Å². The number of pyridine rings is 1. The quantitative estimate of drug-likeness (QED) is 0.194. The van der Waals surface area contributed by atoms with E-state index in [1.165, 1.54) is 26.4 Å². The Morgan fingerprint density at radius 3 is 1.85 bits per heavy atom. The summed E-state index contributed by atoms with van der Waals surface area (Å²) in [5, 5.41) is 27.2. The molecule has 0 saturated heterocycles. The molecule has 15 heteroatoms. The van der Waals surface area contributed by atoms with E-state index < -0.39 is 4.92 Å². The van der Waals surface area contributed by atoms with Gasteiger partial charge in [0.05, 0.1) is 29.2 Å². The number of benzene rings is 2. The number of rotatable bonds is 7. The number of nitrogens with zero attached hydrogens (tertiary/aromatic N) is 6. The Labute approximate surface area is 209 Å². The molecule has 12 nitrogen and oxygen atoms in total. The third kappa shape index (κ3) is 5.98. The van der Waals surface area contributed by atoms with Crippen molar-refractivity contribution in [2.45, 2.75) is 0 Å². The first-order valence-electron chi connectivity index (χ1n) is 8.98. The zero-order valence-corrected chi connectivity index (χ0v) is 19.9. The molecule has 2 aromatic carbocycles. The summed E-state index contributed by atoms with van der Waals surface area (Å²) in [6, 6.07) is 8.40. The normalized spacial score (nSPS) is 10.9. The third-order valence-corrected chi connectivity index (χ3v) is 4.72. The van der Waals surface area contributed by atoms with Gasteiger partial charge in [-0.25, -0.2) is 4.98 Å². The highest BCUT2D eigenvalue weighted by Gasteiger charge is 2.16. The lowest BCUT2D eigenvalue weighted by atomic mass is 10.2. The zero-order chi connectivity index (χ0) is 24.1. The van der Waals surface area contributed by atoms with Gasteiger partial charge in [0.25, 0.3) is 5.69 Å². The zero-order valence-electron chi connectivity index (χ0n) is 17.6. The molecule has 3 aromatic rings. The van der Waals surface area contributed by atoms with Crippen LogP contribution in [0.1, 0.15) is 0 Å². The molecule has 0 saturated carbocycles. The Bertz CT molecular complexity index is 1260. The summed E-state index contributed by atoms with van der Waals surface area (Å²) in [4.78, 5) is 14.2. The summed E-state index contributed by atoms with van der Waals surface area (Å²) in [5.74, 6) is 0.961. The number of methoxy groups -OCH3 is 2. The molecular formula is C19H17Cl3N8O4. The van der Waals surface area contributed by atoms with Crippen LogP contribution >= 0.6 is 35.6 Å². The van der Waals surface area contributed by atoms with E-state index in [2.05, 4.69) is 25.4 Å². The number of nitrogens with two attached hydrogens (primary N) is 2. The predicted octanol–water partition coefficient (Wildman–Crippen LogP) is 6.73. The number of hydrogen-bond acceptors (Lipinski definition) is 11. The van der Waals surface area contributed by atoms with Gasteiger partial charge >= 0.3 is 0 Å². The Kier molecular flexibility index (Phi) is 8.90. The number of nitro benzene ring substituents is 1. The SMILES string of the molecule is COc1cc(N=Nc2c(Cl)cc([N+](=O)[O-])cc2Cl)c(OC)cc1N=Nc1ccc(N)nc1N.Cl. The van der Waals surface area contributed by atoms with Gasteiger partial charge in [-0.1, -0.05) is 23.2 Å². The highest BCUT2D eigenvalue weighted by molar-refractivity contribution is 6.39. The molecule has 0 fully saturated rings. The molecule has 0 amide bonds. The van der Waals surface area contributed by atoms with Gasteiger partial charge in [-0.15, -0.1) is 32.9 Å². The van der Waals surface area contributed by atoms with E-state index in [1.54, 1.807) is 12.1 Å². The van der Waals surface area contributed by atoms with E-state index in [-0.39, 0.29) is 56.9 Å². The van der Waals surface area contributed by atoms with Crippen molar-refractivity contribution in [2.24, 2.45) is 20.5 Å². The van der Waals surface area contributed by atoms with Crippen LogP contribution in [0, 0.1) is 10.1 Å². The van der Waals surface area contributed by atoms with Gasteiger partial charge < -0.3 is 20.9 Å². The third-order valence-electron chi connectivity index (χ3n) is 4.14. The van der Waals surface area contributed by atoms with Crippen molar-refractivity contribution in [3.05, 3.63) is 56.6 Å². The molecule has 0 radical (unpaired) electrons. The summed E-state index contributed by atoms with van der Waals surface area (Å²) in [5.41, 5.74) is 12.0. The number of hydrogen-bond donors (Lipinski definition) is 2. The summed E-state index contributed by atoms with van der Waals surface area (Å²) < 4.78 is 10.7. The highest BCUT2D eigenvalue weighted by atomic mass is 35.5. The van der Waals surface area contributed by atoms with Crippen LogP contribution in [0.2, 0.25) is 10.0 Å². The predicted molar refractivity (Wildman–Crippen MR) is 131 cm³/mol. The molecule has 4 N–H and O–H groups in total. The van der Waals surface area contributed by atoms with Gasteiger partial charge in [0.15, 0.2) is 5.82 Å². The molecule has 34 heavy (non-hydrogen) atoms. The van der Waals surface area contributed by atoms with Gasteiger partial charge in [0, 0.05) is 24.3 Å². The van der Waals surface area contributed by atoms with Crippen molar-refractivity contribution in [3.63, 3.8) is 0 Å². The minimum atomic E-state index is -0.617. The van der Waals surface area contributed by atoms with Crippen molar-refractivity contribution in [1.82, 2.24) is 4.98 Å². The lowest BCUT2D eigenvalue weighted by Gasteiger charge is -2.09. The highest BCUT2D eigenvalue weighted by Crippen LogP contribution is 2.43. The smallest absolute Gasteiger partial charge is 0.272 e. The van der Waals surface area contributed by atoms with E-state index in [1.807, 2.05) is 0 Å². The molecule has 0 aliphatic heterocycles. The molecule has 0 spiro atoms. The number of ether oxygens (including phenoxy) is 2. The number of nitrogen functional groups attached to an aromatic ring is 2. The summed E-state index contributed by atoms with van der Waals surface area (Å²) in [7, 11) is 2.86. The van der Waals surface area contributed by atoms with Crippen molar-refractivity contribution in [3.8, 4) is 11.5 Å². The fraction of sp³-hybridized carbons (Fsp3) is 0.105. The number of nitro groups is 1. The monoisotopic (exact) mass is 526 g/mol. The second-order valence-electron chi connectivity index (χ2n) is 6.25. The molecule has 1 heterocycles. The van der Waals surface area contributed by atoms with Gasteiger partial charge in [0.1, 0.15) is 40.1 Å². The van der Waals surface area contributed by atoms with Crippen LogP contribution in [0.15, 0.2) is 56.9 Å². The number of azo groups is 2. The Morgan fingerprint density at radius 2 is 1.38 bits per heavy atom. The molecule has 0 aliphatic carbocycles. The van der Waals surface area contributed by atoms with Crippen molar-refractivity contribution >= 4 is 75.7 Å². The maximum absolute atomic E-state index is 10.9. The molecule has 0 aliphatic rings. The Balaban J connectivity index is 0.00000408. The number of non-ortho nitro benzene ring substituents is 1. The molecule has 0 bridgehead atoms. The lowest BCUT2D eigenvalue weighted by Crippen LogP contribution is -1.95. The van der Waals surface area contributed by atoms with Gasteiger partial charge in [-0.05, 0) is 12.1 Å². The van der Waals surface area contributed by atoms with Crippen molar-refractivity contribution in [2.75, 3.05) is 25.7 Å². The van der Waals surface area contributed by atoms with Crippen molar-refractivity contribution < 1.29 is 14.4 Å². The number of anilines is 2. The van der Waals surface area contributed by atoms with Gasteiger partial charge in [0.2, 0.25) is 0 Å².